The summed E-state index contributed by atoms with van der Waals surface area (Å²) in [5.74, 6) is 0. The Kier molecular flexibility index (Phi) is 39.5. The molecule has 0 radical (unpaired) electrons. The zero-order valence-electron chi connectivity index (χ0n) is 12.4. The van der Waals surface area contributed by atoms with Crippen LogP contribution >= 0.6 is 0 Å². The highest BCUT2D eigenvalue weighted by molar-refractivity contribution is 6.59. The predicted octanol–water partition coefficient (Wildman–Crippen LogP) is 0.391. The van der Waals surface area contributed by atoms with Gasteiger partial charge in [-0.1, -0.05) is 14.9 Å². The molecule has 0 aromatic rings. The maximum atomic E-state index is 8.83. The van der Waals surface area contributed by atoms with Crippen molar-refractivity contribution >= 4 is 17.6 Å². The van der Waals surface area contributed by atoms with E-state index in [2.05, 4.69) is 8.85 Å². The van der Waals surface area contributed by atoms with Crippen molar-refractivity contribution in [3.63, 3.8) is 0 Å². The Labute approximate surface area is 126 Å². The second-order valence-electron chi connectivity index (χ2n) is 2.78. The Bertz CT molecular complexity index is 142. The third-order valence-corrected chi connectivity index (χ3v) is 5.61. The van der Waals surface area contributed by atoms with Gasteiger partial charge in [-0.25, -0.2) is 0 Å². The Morgan fingerprint density at radius 3 is 0.850 bits per heavy atom. The quantitative estimate of drug-likeness (QED) is 0.695. The van der Waals surface area contributed by atoms with E-state index in [0.29, 0.717) is 0 Å². The van der Waals surface area contributed by atoms with Crippen molar-refractivity contribution in [1.82, 2.24) is 0 Å². The number of hydrogen-bond acceptors (Lipinski definition) is 7. The molecule has 20 heavy (non-hydrogen) atoms. The van der Waals surface area contributed by atoms with Crippen LogP contribution in [0.3, 0.4) is 0 Å². The minimum atomic E-state index is -2.65. The molecule has 0 heterocycles. The first kappa shape index (κ1) is 36.9. The average molecular weight is 341 g/mol. The van der Waals surface area contributed by atoms with Crippen LogP contribution in [0.1, 0.15) is 14.9 Å². The smallest absolute Gasteiger partial charge is 0.412 e. The third-order valence-electron chi connectivity index (χ3n) is 1.87. The number of aliphatic hydroxyl groups is 1. The van der Waals surface area contributed by atoms with Gasteiger partial charge in [0, 0.05) is 55.8 Å². The lowest BCUT2D eigenvalue weighted by Gasteiger charge is -2.18. The first-order valence-corrected chi connectivity index (χ1v) is 9.22. The molecule has 0 saturated carbocycles. The summed E-state index contributed by atoms with van der Waals surface area (Å²) in [4.78, 5) is 8.83. The maximum absolute atomic E-state index is 8.83. The van der Waals surface area contributed by atoms with Gasteiger partial charge in [0.15, 0.2) is 0 Å². The average Bonchev–Trinajstić information content (AvgIpc) is 2.40. The van der Waals surface area contributed by atoms with Crippen LogP contribution in [0.15, 0.2) is 0 Å². The molecular weight excluding hydrogens is 304 g/mol. The van der Waals surface area contributed by atoms with E-state index < -0.39 is 17.6 Å². The largest absolute Gasteiger partial charge is 0.496 e. The summed E-state index contributed by atoms with van der Waals surface area (Å²) >= 11 is 0. The van der Waals surface area contributed by atoms with Gasteiger partial charge < -0.3 is 37.5 Å². The molecule has 0 fully saturated rings. The SMILES string of the molecule is C.C.CO.CO[Si](C)(O)OC.CO[Si](C)(OC)OC.O. The Hall–Kier alpha value is 0.114. The Morgan fingerprint density at radius 1 is 0.650 bits per heavy atom. The van der Waals surface area contributed by atoms with E-state index in [1.807, 2.05) is 6.55 Å². The standard InChI is InChI=1S/C4H12O3Si.C3H10O3Si.CH4O.2CH4.H2O/c1-5-8(4,6-2)7-3;1-5-7(3,4)6-2;1-2;;;/h1-4H3;4H,1-3H3;2H,1H3;2*1H4;1H2. The van der Waals surface area contributed by atoms with Crippen LogP contribution in [0.2, 0.25) is 13.1 Å². The molecule has 0 aliphatic rings. The topological polar surface area (TPSA) is 118 Å². The molecule has 0 rings (SSSR count). The van der Waals surface area contributed by atoms with E-state index in [1.165, 1.54) is 14.2 Å². The highest BCUT2D eigenvalue weighted by atomic mass is 28.4. The molecule has 132 valence electrons. The van der Waals surface area contributed by atoms with E-state index in [4.69, 9.17) is 23.2 Å². The molecule has 10 heteroatoms. The lowest BCUT2D eigenvalue weighted by molar-refractivity contribution is 0.132. The Morgan fingerprint density at radius 2 is 0.850 bits per heavy atom. The van der Waals surface area contributed by atoms with Crippen LogP contribution in [0.25, 0.3) is 0 Å². The van der Waals surface area contributed by atoms with Gasteiger partial charge in [-0.05, 0) is 0 Å². The minimum Gasteiger partial charge on any atom is -0.412 e. The molecule has 0 spiro atoms. The first-order valence-electron chi connectivity index (χ1n) is 4.73. The first-order chi connectivity index (χ1) is 7.80. The van der Waals surface area contributed by atoms with E-state index >= 15 is 0 Å². The number of aliphatic hydroxyl groups excluding tert-OH is 1. The fourth-order valence-electron chi connectivity index (χ4n) is 0.333. The maximum Gasteiger partial charge on any atom is 0.496 e. The van der Waals surface area contributed by atoms with Gasteiger partial charge in [-0.2, -0.15) is 0 Å². The second kappa shape index (κ2) is 21.4. The van der Waals surface area contributed by atoms with E-state index in [-0.39, 0.29) is 20.3 Å². The fourth-order valence-corrected chi connectivity index (χ4v) is 1.00. The van der Waals surface area contributed by atoms with Crippen molar-refractivity contribution in [2.45, 2.75) is 27.9 Å². The molecule has 0 aliphatic carbocycles. The highest BCUT2D eigenvalue weighted by Crippen LogP contribution is 2.02. The molecule has 0 bridgehead atoms. The predicted molar refractivity (Wildman–Crippen MR) is 85.7 cm³/mol. The van der Waals surface area contributed by atoms with E-state index in [9.17, 15) is 0 Å². The summed E-state index contributed by atoms with van der Waals surface area (Å²) in [7, 11) is 3.78. The molecule has 0 unspecified atom stereocenters. The van der Waals surface area contributed by atoms with Gasteiger partial charge in [0.2, 0.25) is 0 Å². The normalized spacial score (nSPS) is 9.30. The summed E-state index contributed by atoms with van der Waals surface area (Å²) in [6.07, 6.45) is 0. The van der Waals surface area contributed by atoms with Gasteiger partial charge >= 0.3 is 17.6 Å². The summed E-state index contributed by atoms with van der Waals surface area (Å²) < 4.78 is 23.9. The summed E-state index contributed by atoms with van der Waals surface area (Å²) in [5, 5.41) is 7.00. The summed E-state index contributed by atoms with van der Waals surface area (Å²) in [6.45, 7) is 3.38. The minimum absolute atomic E-state index is 0. The van der Waals surface area contributed by atoms with Crippen molar-refractivity contribution in [2.75, 3.05) is 42.7 Å². The van der Waals surface area contributed by atoms with Crippen LogP contribution in [-0.4, -0.2) is 75.6 Å². The molecule has 0 saturated heterocycles. The van der Waals surface area contributed by atoms with Gasteiger partial charge in [0.25, 0.3) is 0 Å². The zero-order valence-corrected chi connectivity index (χ0v) is 14.4. The van der Waals surface area contributed by atoms with Gasteiger partial charge in [-0.15, -0.1) is 0 Å². The number of rotatable bonds is 5. The van der Waals surface area contributed by atoms with Crippen LogP contribution in [0.5, 0.6) is 0 Å². The van der Waals surface area contributed by atoms with Gasteiger partial charge in [-0.3, -0.25) is 0 Å². The molecule has 0 aliphatic heterocycles. The van der Waals surface area contributed by atoms with Gasteiger partial charge in [0.1, 0.15) is 0 Å². The highest BCUT2D eigenvalue weighted by Gasteiger charge is 2.29. The monoisotopic (exact) mass is 340 g/mol. The van der Waals surface area contributed by atoms with Crippen molar-refractivity contribution < 1.29 is 37.5 Å². The van der Waals surface area contributed by atoms with Crippen molar-refractivity contribution in [3.05, 3.63) is 0 Å². The van der Waals surface area contributed by atoms with Crippen LogP contribution in [0, 0.1) is 0 Å². The molecule has 0 atom stereocenters. The molecule has 0 aromatic heterocycles. The van der Waals surface area contributed by atoms with Crippen LogP contribution in [-0.2, 0) is 22.1 Å². The van der Waals surface area contributed by atoms with Crippen molar-refractivity contribution in [3.8, 4) is 0 Å². The lowest BCUT2D eigenvalue weighted by Crippen LogP contribution is -2.38. The Balaban J connectivity index is -0.0000000385. The van der Waals surface area contributed by atoms with E-state index in [0.717, 1.165) is 7.11 Å². The van der Waals surface area contributed by atoms with Crippen LogP contribution in [0.4, 0.5) is 0 Å². The van der Waals surface area contributed by atoms with E-state index in [1.54, 1.807) is 27.9 Å². The zero-order chi connectivity index (χ0) is 14.5. The fraction of sp³-hybridized carbons (Fsp3) is 1.00. The summed E-state index contributed by atoms with van der Waals surface area (Å²) in [5.41, 5.74) is 0. The van der Waals surface area contributed by atoms with Crippen molar-refractivity contribution in [1.29, 1.82) is 0 Å². The third kappa shape index (κ3) is 23.2. The van der Waals surface area contributed by atoms with Crippen LogP contribution < -0.4 is 0 Å². The molecule has 0 aromatic carbocycles. The molecular formula is C10H36O8Si2. The molecule has 8 nitrogen and oxygen atoms in total. The van der Waals surface area contributed by atoms with Crippen molar-refractivity contribution in [2.24, 2.45) is 0 Å². The summed E-state index contributed by atoms with van der Waals surface area (Å²) in [6, 6.07) is 0. The lowest BCUT2D eigenvalue weighted by atomic mass is 11.8. The molecule has 0 amide bonds. The second-order valence-corrected chi connectivity index (χ2v) is 8.34. The number of hydrogen-bond donors (Lipinski definition) is 2. The van der Waals surface area contributed by atoms with Gasteiger partial charge in [0.05, 0.1) is 0 Å². The molecule has 4 N–H and O–H groups in total.